The Kier molecular flexibility index (Phi) is 2.31. The van der Waals surface area contributed by atoms with Crippen LogP contribution in [0.5, 0.6) is 0 Å². The predicted molar refractivity (Wildman–Crippen MR) is 67.9 cm³/mol. The van der Waals surface area contributed by atoms with Gasteiger partial charge in [-0.15, -0.1) is 0 Å². The molecule has 2 N–H and O–H groups in total. The molecular formula is C13H18N4. The molecule has 0 atom stereocenters. The summed E-state index contributed by atoms with van der Waals surface area (Å²) in [5.74, 6) is 1.95. The first-order valence-corrected chi connectivity index (χ1v) is 6.28. The van der Waals surface area contributed by atoms with E-state index < -0.39 is 0 Å². The number of nitrogens with two attached hydrogens (primary N) is 1. The highest BCUT2D eigenvalue weighted by molar-refractivity contribution is 5.54. The quantitative estimate of drug-likeness (QED) is 0.880. The number of nitrogens with zero attached hydrogens (tertiary/aromatic N) is 3. The third-order valence-corrected chi connectivity index (χ3v) is 3.40. The van der Waals surface area contributed by atoms with Crippen LogP contribution >= 0.6 is 0 Å². The summed E-state index contributed by atoms with van der Waals surface area (Å²) in [6.07, 6.45) is 5.61. The van der Waals surface area contributed by atoms with Crippen molar-refractivity contribution in [3.05, 3.63) is 23.5 Å². The number of aromatic nitrogens is 3. The second kappa shape index (κ2) is 3.72. The van der Waals surface area contributed by atoms with Gasteiger partial charge in [0.1, 0.15) is 5.82 Å². The van der Waals surface area contributed by atoms with Crippen LogP contribution in [0.15, 0.2) is 12.3 Å². The molecule has 4 heteroatoms. The Morgan fingerprint density at radius 2 is 2.24 bits per heavy atom. The summed E-state index contributed by atoms with van der Waals surface area (Å²) in [5, 5.41) is 4.30. The number of hydrogen-bond donors (Lipinski definition) is 1. The molecule has 0 radical (unpaired) electrons. The number of fused-ring (bicyclic) bond motifs is 1. The normalized spacial score (nSPS) is 15.9. The highest BCUT2D eigenvalue weighted by Gasteiger charge is 2.23. The maximum absolute atomic E-state index is 6.03. The Balaban J connectivity index is 2.10. The molecule has 1 saturated carbocycles. The van der Waals surface area contributed by atoms with Crippen molar-refractivity contribution in [1.82, 2.24) is 14.6 Å². The molecule has 1 fully saturated rings. The summed E-state index contributed by atoms with van der Waals surface area (Å²) < 4.78 is 1.74. The summed E-state index contributed by atoms with van der Waals surface area (Å²) in [5.41, 5.74) is 9.24. The minimum atomic E-state index is 0.426. The zero-order valence-electron chi connectivity index (χ0n) is 10.3. The van der Waals surface area contributed by atoms with Crippen LogP contribution in [0.1, 0.15) is 43.9 Å². The van der Waals surface area contributed by atoms with Crippen LogP contribution in [0.25, 0.3) is 5.65 Å². The lowest BCUT2D eigenvalue weighted by molar-refractivity contribution is 0.795. The van der Waals surface area contributed by atoms with E-state index in [2.05, 4.69) is 18.9 Å². The Bertz CT molecular complexity index is 552. The smallest absolute Gasteiger partial charge is 0.160 e. The molecule has 2 aromatic heterocycles. The highest BCUT2D eigenvalue weighted by Crippen LogP contribution is 2.32. The van der Waals surface area contributed by atoms with Crippen molar-refractivity contribution in [3.63, 3.8) is 0 Å². The van der Waals surface area contributed by atoms with Gasteiger partial charge in [0.05, 0.1) is 6.20 Å². The lowest BCUT2D eigenvalue weighted by Gasteiger charge is -2.06. The molecule has 2 aromatic rings. The molecule has 4 nitrogen and oxygen atoms in total. The fourth-order valence-corrected chi connectivity index (χ4v) is 2.19. The first-order valence-electron chi connectivity index (χ1n) is 6.28. The fourth-order valence-electron chi connectivity index (χ4n) is 2.19. The summed E-state index contributed by atoms with van der Waals surface area (Å²) in [6.45, 7) is 4.31. The van der Waals surface area contributed by atoms with Crippen molar-refractivity contribution in [3.8, 4) is 0 Å². The molecule has 3 rings (SSSR count). The fraction of sp³-hybridized carbons (Fsp3) is 0.538. The molecule has 0 aliphatic heterocycles. The van der Waals surface area contributed by atoms with Crippen LogP contribution in [0, 0.1) is 5.92 Å². The van der Waals surface area contributed by atoms with E-state index in [-0.39, 0.29) is 0 Å². The van der Waals surface area contributed by atoms with Crippen LogP contribution in [-0.2, 0) is 6.42 Å². The van der Waals surface area contributed by atoms with Gasteiger partial charge < -0.3 is 5.73 Å². The topological polar surface area (TPSA) is 56.2 Å². The predicted octanol–water partition coefficient (Wildman–Crippen LogP) is 2.39. The van der Waals surface area contributed by atoms with E-state index >= 15 is 0 Å². The van der Waals surface area contributed by atoms with Crippen LogP contribution in [0.2, 0.25) is 0 Å². The lowest BCUT2D eigenvalue weighted by atomic mass is 10.1. The van der Waals surface area contributed by atoms with E-state index in [0.717, 1.165) is 23.7 Å². The van der Waals surface area contributed by atoms with Gasteiger partial charge in [-0.05, 0) is 31.1 Å². The number of rotatable bonds is 3. The van der Waals surface area contributed by atoms with Crippen molar-refractivity contribution < 1.29 is 0 Å². The summed E-state index contributed by atoms with van der Waals surface area (Å²) in [4.78, 5) is 4.72. The third kappa shape index (κ3) is 1.88. The molecule has 1 aliphatic carbocycles. The van der Waals surface area contributed by atoms with Crippen molar-refractivity contribution in [1.29, 1.82) is 0 Å². The Morgan fingerprint density at radius 1 is 1.47 bits per heavy atom. The van der Waals surface area contributed by atoms with Gasteiger partial charge in [0.25, 0.3) is 0 Å². The third-order valence-electron chi connectivity index (χ3n) is 3.40. The van der Waals surface area contributed by atoms with Crippen molar-refractivity contribution in [2.45, 2.75) is 39.0 Å². The molecule has 0 amide bonds. The highest BCUT2D eigenvalue weighted by atomic mass is 15.3. The lowest BCUT2D eigenvalue weighted by Crippen LogP contribution is -2.04. The van der Waals surface area contributed by atoms with Crippen molar-refractivity contribution in [2.75, 3.05) is 5.73 Å². The standard InChI is InChI=1S/C13H18N4/c1-8(2)11-7-15-17-12(14)6-10(16-13(11)17)5-9-3-4-9/h6-9H,3-5,14H2,1-2H3. The first kappa shape index (κ1) is 10.6. The van der Waals surface area contributed by atoms with Crippen LogP contribution in [0.3, 0.4) is 0 Å². The van der Waals surface area contributed by atoms with Crippen molar-refractivity contribution >= 4 is 11.5 Å². The van der Waals surface area contributed by atoms with Crippen LogP contribution < -0.4 is 5.73 Å². The molecule has 0 bridgehead atoms. The number of hydrogen-bond acceptors (Lipinski definition) is 3. The molecule has 17 heavy (non-hydrogen) atoms. The van der Waals surface area contributed by atoms with Gasteiger partial charge in [-0.25, -0.2) is 4.98 Å². The average Bonchev–Trinajstić information content (AvgIpc) is 2.95. The Hall–Kier alpha value is -1.58. The minimum Gasteiger partial charge on any atom is -0.384 e. The van der Waals surface area contributed by atoms with Gasteiger partial charge in [0.2, 0.25) is 0 Å². The monoisotopic (exact) mass is 230 g/mol. The zero-order chi connectivity index (χ0) is 12.0. The SMILES string of the molecule is CC(C)c1cnn2c(N)cc(CC3CC3)nc12. The summed E-state index contributed by atoms with van der Waals surface area (Å²) in [6, 6.07) is 1.96. The molecule has 0 unspecified atom stereocenters. The van der Waals surface area contributed by atoms with E-state index in [1.54, 1.807) is 4.52 Å². The van der Waals surface area contributed by atoms with Crippen LogP contribution in [0.4, 0.5) is 5.82 Å². The van der Waals surface area contributed by atoms with Crippen LogP contribution in [-0.4, -0.2) is 14.6 Å². The van der Waals surface area contributed by atoms with Gasteiger partial charge in [0.15, 0.2) is 5.65 Å². The first-order chi connectivity index (χ1) is 8.15. The molecule has 0 aromatic carbocycles. The molecule has 0 saturated heterocycles. The minimum absolute atomic E-state index is 0.426. The van der Waals surface area contributed by atoms with Gasteiger partial charge in [-0.1, -0.05) is 13.8 Å². The summed E-state index contributed by atoms with van der Waals surface area (Å²) >= 11 is 0. The van der Waals surface area contributed by atoms with Gasteiger partial charge >= 0.3 is 0 Å². The average molecular weight is 230 g/mol. The second-order valence-electron chi connectivity index (χ2n) is 5.31. The zero-order valence-corrected chi connectivity index (χ0v) is 10.3. The largest absolute Gasteiger partial charge is 0.384 e. The molecule has 2 heterocycles. The molecular weight excluding hydrogens is 212 g/mol. The maximum atomic E-state index is 6.03. The van der Waals surface area contributed by atoms with Gasteiger partial charge in [-0.3, -0.25) is 0 Å². The second-order valence-corrected chi connectivity index (χ2v) is 5.31. The number of nitrogen functional groups attached to an aromatic ring is 1. The number of anilines is 1. The maximum Gasteiger partial charge on any atom is 0.160 e. The van der Waals surface area contributed by atoms with E-state index in [1.165, 1.54) is 18.4 Å². The summed E-state index contributed by atoms with van der Waals surface area (Å²) in [7, 11) is 0. The van der Waals surface area contributed by atoms with Gasteiger partial charge in [0, 0.05) is 17.3 Å². The molecule has 0 spiro atoms. The molecule has 90 valence electrons. The molecule has 1 aliphatic rings. The van der Waals surface area contributed by atoms with E-state index in [1.807, 2.05) is 12.3 Å². The van der Waals surface area contributed by atoms with E-state index in [4.69, 9.17) is 10.7 Å². The van der Waals surface area contributed by atoms with E-state index in [9.17, 15) is 0 Å². The van der Waals surface area contributed by atoms with Gasteiger partial charge in [-0.2, -0.15) is 9.61 Å². The van der Waals surface area contributed by atoms with Crippen molar-refractivity contribution in [2.24, 2.45) is 5.92 Å². The Labute approximate surface area is 101 Å². The Morgan fingerprint density at radius 3 is 2.88 bits per heavy atom. The van der Waals surface area contributed by atoms with E-state index in [0.29, 0.717) is 11.7 Å².